The van der Waals surface area contributed by atoms with E-state index in [0.717, 1.165) is 28.8 Å². The lowest BCUT2D eigenvalue weighted by Crippen LogP contribution is -1.92. The molecular formula is C27H23ClN2. The van der Waals surface area contributed by atoms with Crippen molar-refractivity contribution in [2.75, 3.05) is 0 Å². The summed E-state index contributed by atoms with van der Waals surface area (Å²) in [4.78, 5) is 9.05. The van der Waals surface area contributed by atoms with Gasteiger partial charge in [-0.05, 0) is 35.9 Å². The summed E-state index contributed by atoms with van der Waals surface area (Å²) in [5, 5.41) is 2.37. The molecule has 5 aromatic rings. The first-order chi connectivity index (χ1) is 14.3. The zero-order valence-electron chi connectivity index (χ0n) is 16.6. The van der Waals surface area contributed by atoms with Crippen LogP contribution in [0.25, 0.3) is 27.9 Å². The third-order valence-electron chi connectivity index (χ3n) is 4.71. The second-order valence-corrected chi connectivity index (χ2v) is 6.79. The lowest BCUT2D eigenvalue weighted by atomic mass is 10.1. The smallest absolute Gasteiger partial charge is 0.0709 e. The summed E-state index contributed by atoms with van der Waals surface area (Å²) in [7, 11) is 0. The Labute approximate surface area is 183 Å². The highest BCUT2D eigenvalue weighted by Gasteiger charge is 1.99. The van der Waals surface area contributed by atoms with E-state index < -0.39 is 0 Å². The normalized spacial score (nSPS) is 10.0. The van der Waals surface area contributed by atoms with Crippen LogP contribution in [-0.2, 0) is 6.42 Å². The Morgan fingerprint density at radius 2 is 1.17 bits per heavy atom. The van der Waals surface area contributed by atoms with Crippen molar-refractivity contribution in [1.82, 2.24) is 9.97 Å². The first kappa shape index (κ1) is 21.2. The number of benzene rings is 3. The molecule has 3 aromatic carbocycles. The van der Waals surface area contributed by atoms with Gasteiger partial charge in [-0.2, -0.15) is 0 Å². The number of hydrogen-bond donors (Lipinski definition) is 0. The van der Waals surface area contributed by atoms with Gasteiger partial charge in [0.05, 0.1) is 16.7 Å². The minimum atomic E-state index is 0. The summed E-state index contributed by atoms with van der Waals surface area (Å²) in [6, 6.07) is 35.0. The number of nitrogens with zero attached hydrogens (tertiary/aromatic N) is 2. The predicted octanol–water partition coefficient (Wildman–Crippen LogP) is 7.13. The Kier molecular flexibility index (Phi) is 7.31. The molecule has 0 aliphatic heterocycles. The summed E-state index contributed by atoms with van der Waals surface area (Å²) in [6.45, 7) is 3.68. The minimum Gasteiger partial charge on any atom is -0.252 e. The maximum atomic E-state index is 4.67. The molecule has 0 bridgehead atoms. The molecule has 0 aliphatic carbocycles. The van der Waals surface area contributed by atoms with E-state index in [9.17, 15) is 0 Å². The van der Waals surface area contributed by atoms with Crippen molar-refractivity contribution < 1.29 is 0 Å². The third kappa shape index (κ3) is 5.31. The topological polar surface area (TPSA) is 25.8 Å². The van der Waals surface area contributed by atoms with E-state index in [2.05, 4.69) is 77.2 Å². The van der Waals surface area contributed by atoms with Gasteiger partial charge in [-0.3, -0.25) is 4.98 Å². The van der Waals surface area contributed by atoms with Crippen LogP contribution in [0.3, 0.4) is 0 Å². The fourth-order valence-corrected chi connectivity index (χ4v) is 3.21. The molecule has 30 heavy (non-hydrogen) atoms. The van der Waals surface area contributed by atoms with E-state index >= 15 is 0 Å². The fourth-order valence-electron chi connectivity index (χ4n) is 3.21. The molecule has 0 saturated heterocycles. The van der Waals surface area contributed by atoms with Gasteiger partial charge in [-0.25, -0.2) is 4.98 Å². The number of hydrogen-bond acceptors (Lipinski definition) is 2. The largest absolute Gasteiger partial charge is 0.252 e. The number of rotatable bonds is 3. The van der Waals surface area contributed by atoms with Gasteiger partial charge in [0.2, 0.25) is 0 Å². The molecule has 0 unspecified atom stereocenters. The summed E-state index contributed by atoms with van der Waals surface area (Å²) in [6.07, 6.45) is 2.65. The van der Waals surface area contributed by atoms with E-state index in [1.165, 1.54) is 16.3 Å². The first-order valence-corrected chi connectivity index (χ1v) is 9.69. The molecule has 2 heterocycles. The van der Waals surface area contributed by atoms with Crippen LogP contribution in [0.4, 0.5) is 0 Å². The van der Waals surface area contributed by atoms with Crippen LogP contribution in [0.2, 0.25) is 0 Å². The molecule has 0 amide bonds. The lowest BCUT2D eigenvalue weighted by Gasteiger charge is -2.03. The molecule has 0 fully saturated rings. The quantitative estimate of drug-likeness (QED) is 0.316. The fraction of sp³-hybridized carbons (Fsp3) is 0.0370. The molecule has 0 atom stereocenters. The van der Waals surface area contributed by atoms with Crippen molar-refractivity contribution in [1.29, 1.82) is 0 Å². The summed E-state index contributed by atoms with van der Waals surface area (Å²) in [5.41, 5.74) is 5.44. The van der Waals surface area contributed by atoms with Crippen LogP contribution >= 0.6 is 12.4 Å². The summed E-state index contributed by atoms with van der Waals surface area (Å²) < 4.78 is 0. The van der Waals surface area contributed by atoms with Crippen LogP contribution in [0.1, 0.15) is 17.0 Å². The Balaban J connectivity index is 0.000000175. The maximum absolute atomic E-state index is 4.67. The Bertz CT molecular complexity index is 1250. The molecule has 2 nitrogen and oxygen atoms in total. The van der Waals surface area contributed by atoms with Crippen molar-refractivity contribution in [3.05, 3.63) is 127 Å². The monoisotopic (exact) mass is 410 g/mol. The molecule has 148 valence electrons. The molecule has 2 aromatic heterocycles. The van der Waals surface area contributed by atoms with Gasteiger partial charge in [-0.1, -0.05) is 85.4 Å². The standard InChI is InChI=1S/C16H13N.C11H9N.ClH/c1-2-6-13(7-3-1)12-15-11-10-14-8-4-5-9-16(14)17-15;1-2-10-8-7-9-5-3-4-6-11(9)12-10;/h1-11H,12H2;2-8H,1H2;1H. The number of aromatic nitrogens is 2. The Morgan fingerprint density at radius 1 is 0.600 bits per heavy atom. The molecule has 0 radical (unpaired) electrons. The van der Waals surface area contributed by atoms with Gasteiger partial charge < -0.3 is 0 Å². The van der Waals surface area contributed by atoms with Gasteiger partial charge in [0.25, 0.3) is 0 Å². The molecule has 0 N–H and O–H groups in total. The zero-order chi connectivity index (χ0) is 19.9. The second-order valence-electron chi connectivity index (χ2n) is 6.79. The van der Waals surface area contributed by atoms with Crippen LogP contribution in [0.15, 0.2) is 110 Å². The van der Waals surface area contributed by atoms with E-state index in [1.807, 2.05) is 42.5 Å². The second kappa shape index (κ2) is 10.3. The molecule has 0 aliphatic rings. The van der Waals surface area contributed by atoms with E-state index in [-0.39, 0.29) is 12.4 Å². The number of pyridine rings is 2. The van der Waals surface area contributed by atoms with Gasteiger partial charge in [0.15, 0.2) is 0 Å². The number of para-hydroxylation sites is 2. The van der Waals surface area contributed by atoms with E-state index in [1.54, 1.807) is 6.08 Å². The van der Waals surface area contributed by atoms with E-state index in [0.29, 0.717) is 0 Å². The molecular weight excluding hydrogens is 388 g/mol. The average molecular weight is 411 g/mol. The Hall–Kier alpha value is -3.49. The zero-order valence-corrected chi connectivity index (χ0v) is 17.4. The van der Waals surface area contributed by atoms with Crippen LogP contribution in [-0.4, -0.2) is 9.97 Å². The van der Waals surface area contributed by atoms with Crippen molar-refractivity contribution in [3.8, 4) is 0 Å². The first-order valence-electron chi connectivity index (χ1n) is 9.69. The minimum absolute atomic E-state index is 0. The third-order valence-corrected chi connectivity index (χ3v) is 4.71. The van der Waals surface area contributed by atoms with Gasteiger partial charge in [0.1, 0.15) is 0 Å². The van der Waals surface area contributed by atoms with E-state index in [4.69, 9.17) is 0 Å². The summed E-state index contributed by atoms with van der Waals surface area (Å²) >= 11 is 0. The van der Waals surface area contributed by atoms with Gasteiger partial charge in [-0.15, -0.1) is 12.4 Å². The van der Waals surface area contributed by atoms with Crippen molar-refractivity contribution in [2.24, 2.45) is 0 Å². The average Bonchev–Trinajstić information content (AvgIpc) is 2.80. The van der Waals surface area contributed by atoms with Crippen molar-refractivity contribution in [2.45, 2.75) is 6.42 Å². The van der Waals surface area contributed by atoms with Crippen LogP contribution in [0.5, 0.6) is 0 Å². The van der Waals surface area contributed by atoms with Gasteiger partial charge >= 0.3 is 0 Å². The molecule has 3 heteroatoms. The van der Waals surface area contributed by atoms with Crippen molar-refractivity contribution in [3.63, 3.8) is 0 Å². The molecule has 5 rings (SSSR count). The predicted molar refractivity (Wildman–Crippen MR) is 130 cm³/mol. The number of fused-ring (bicyclic) bond motifs is 2. The maximum Gasteiger partial charge on any atom is 0.0709 e. The Morgan fingerprint density at radius 3 is 1.83 bits per heavy atom. The van der Waals surface area contributed by atoms with Crippen LogP contribution < -0.4 is 0 Å². The SMILES string of the molecule is C=Cc1ccc2ccccc2n1.Cl.c1ccc(Cc2ccc3ccccc3n2)cc1. The highest BCUT2D eigenvalue weighted by Crippen LogP contribution is 2.14. The molecule has 0 spiro atoms. The molecule has 0 saturated carbocycles. The number of halogens is 1. The van der Waals surface area contributed by atoms with Crippen LogP contribution in [0, 0.1) is 0 Å². The lowest BCUT2D eigenvalue weighted by molar-refractivity contribution is 1.10. The summed E-state index contributed by atoms with van der Waals surface area (Å²) in [5.74, 6) is 0. The van der Waals surface area contributed by atoms with Gasteiger partial charge in [0, 0.05) is 22.9 Å². The highest BCUT2D eigenvalue weighted by atomic mass is 35.5. The highest BCUT2D eigenvalue weighted by molar-refractivity contribution is 5.85. The van der Waals surface area contributed by atoms with Crippen molar-refractivity contribution >= 4 is 40.3 Å².